The van der Waals surface area contributed by atoms with Crippen LogP contribution in [0.25, 0.3) is 0 Å². The molecule has 0 unspecified atom stereocenters. The van der Waals surface area contributed by atoms with Crippen LogP contribution in [0.5, 0.6) is 0 Å². The molecule has 0 radical (unpaired) electrons. The Kier molecular flexibility index (Phi) is 6.18. The van der Waals surface area contributed by atoms with Crippen LogP contribution in [0.2, 0.25) is 0 Å². The molecule has 3 N–H and O–H groups in total. The quantitative estimate of drug-likeness (QED) is 0.510. The Hall–Kier alpha value is -3.78. The van der Waals surface area contributed by atoms with E-state index in [0.717, 1.165) is 25.2 Å². The van der Waals surface area contributed by atoms with E-state index < -0.39 is 0 Å². The molecular weight excluding hydrogens is 390 g/mol. The van der Waals surface area contributed by atoms with Gasteiger partial charge in [0, 0.05) is 37.7 Å². The predicted octanol–water partition coefficient (Wildman–Crippen LogP) is 3.26. The van der Waals surface area contributed by atoms with Crippen molar-refractivity contribution in [1.82, 2.24) is 25.2 Å². The van der Waals surface area contributed by atoms with E-state index >= 15 is 0 Å². The molecule has 1 aliphatic rings. The lowest BCUT2D eigenvalue weighted by atomic mass is 9.99. The minimum atomic E-state index is -0.290. The molecule has 0 saturated carbocycles. The monoisotopic (exact) mass is 415 g/mol. The van der Waals surface area contributed by atoms with E-state index in [9.17, 15) is 4.79 Å². The molecule has 1 aromatic carbocycles. The molecule has 2 aromatic heterocycles. The van der Waals surface area contributed by atoms with Gasteiger partial charge in [0.25, 0.3) is 5.91 Å². The lowest BCUT2D eigenvalue weighted by Gasteiger charge is -2.25. The zero-order valence-corrected chi connectivity index (χ0v) is 17.4. The van der Waals surface area contributed by atoms with Crippen molar-refractivity contribution in [1.29, 1.82) is 0 Å². The average Bonchev–Trinajstić information content (AvgIpc) is 2.78. The van der Waals surface area contributed by atoms with Gasteiger partial charge >= 0.3 is 0 Å². The Morgan fingerprint density at radius 3 is 2.90 bits per heavy atom. The Morgan fingerprint density at radius 2 is 2.10 bits per heavy atom. The molecule has 0 atom stereocenters. The zero-order chi connectivity index (χ0) is 21.6. The van der Waals surface area contributed by atoms with Gasteiger partial charge in [-0.15, -0.1) is 6.58 Å². The number of amides is 1. The summed E-state index contributed by atoms with van der Waals surface area (Å²) in [5, 5.41) is 9.13. The molecule has 0 fully saturated rings. The Balaban J connectivity index is 1.61. The highest BCUT2D eigenvalue weighted by molar-refractivity contribution is 5.99. The minimum absolute atomic E-state index is 0.290. The average molecular weight is 416 g/mol. The van der Waals surface area contributed by atoms with Crippen molar-refractivity contribution < 1.29 is 4.79 Å². The molecule has 3 aromatic rings. The smallest absolute Gasteiger partial charge is 0.256 e. The fraction of sp³-hybridized carbons (Fsp3) is 0.217. The second-order valence-electron chi connectivity index (χ2n) is 7.39. The highest BCUT2D eigenvalue weighted by atomic mass is 16.1. The summed E-state index contributed by atoms with van der Waals surface area (Å²) in [4.78, 5) is 28.0. The predicted molar refractivity (Wildman–Crippen MR) is 122 cm³/mol. The lowest BCUT2D eigenvalue weighted by molar-refractivity contribution is 0.0958. The van der Waals surface area contributed by atoms with Crippen LogP contribution in [0.1, 0.15) is 21.5 Å². The highest BCUT2D eigenvalue weighted by Crippen LogP contribution is 2.25. The van der Waals surface area contributed by atoms with Gasteiger partial charge in [0.1, 0.15) is 17.2 Å². The molecular formula is C23H25N7O. The maximum atomic E-state index is 12.6. The van der Waals surface area contributed by atoms with E-state index in [4.69, 9.17) is 0 Å². The maximum Gasteiger partial charge on any atom is 0.256 e. The number of likely N-dealkylation sites (N-methyl/N-ethyl adjacent to an activating group) is 1. The summed E-state index contributed by atoms with van der Waals surface area (Å²) >= 11 is 0. The van der Waals surface area contributed by atoms with E-state index in [0.29, 0.717) is 29.7 Å². The van der Waals surface area contributed by atoms with Gasteiger partial charge in [0.15, 0.2) is 0 Å². The normalized spacial score (nSPS) is 13.2. The number of hydrogen-bond acceptors (Lipinski definition) is 7. The summed E-state index contributed by atoms with van der Waals surface area (Å²) in [7, 11) is 2.12. The summed E-state index contributed by atoms with van der Waals surface area (Å²) in [5.41, 5.74) is 3.90. The first-order valence-corrected chi connectivity index (χ1v) is 10.1. The number of benzene rings is 1. The van der Waals surface area contributed by atoms with Crippen LogP contribution in [0.3, 0.4) is 0 Å². The van der Waals surface area contributed by atoms with Gasteiger partial charge in [0.2, 0.25) is 5.95 Å². The van der Waals surface area contributed by atoms with Crippen molar-refractivity contribution in [2.24, 2.45) is 0 Å². The third-order valence-electron chi connectivity index (χ3n) is 5.02. The van der Waals surface area contributed by atoms with E-state index in [2.05, 4.69) is 61.6 Å². The maximum absolute atomic E-state index is 12.6. The van der Waals surface area contributed by atoms with Gasteiger partial charge in [-0.3, -0.25) is 4.79 Å². The first-order chi connectivity index (χ1) is 15.1. The molecule has 0 aliphatic carbocycles. The SMILES string of the molecule is C=CCNC(=O)c1cnc(Nc2ccc3c(c2)CN(C)CC3)nc1Nc1ccccn1. The van der Waals surface area contributed by atoms with E-state index in [1.165, 1.54) is 17.3 Å². The topological polar surface area (TPSA) is 95.1 Å². The highest BCUT2D eigenvalue weighted by Gasteiger charge is 2.17. The van der Waals surface area contributed by atoms with Crippen molar-refractivity contribution in [3.05, 3.63) is 78.1 Å². The number of fused-ring (bicyclic) bond motifs is 1. The third-order valence-corrected chi connectivity index (χ3v) is 5.02. The van der Waals surface area contributed by atoms with Gasteiger partial charge in [0.05, 0.1) is 0 Å². The zero-order valence-electron chi connectivity index (χ0n) is 17.4. The fourth-order valence-electron chi connectivity index (χ4n) is 3.43. The number of nitrogens with zero attached hydrogens (tertiary/aromatic N) is 4. The molecule has 158 valence electrons. The van der Waals surface area contributed by atoms with Crippen LogP contribution in [0.15, 0.2) is 61.4 Å². The molecule has 1 aliphatic heterocycles. The number of nitrogens with one attached hydrogen (secondary N) is 3. The van der Waals surface area contributed by atoms with E-state index in [1.807, 2.05) is 18.2 Å². The summed E-state index contributed by atoms with van der Waals surface area (Å²) < 4.78 is 0. The largest absolute Gasteiger partial charge is 0.348 e. The summed E-state index contributed by atoms with van der Waals surface area (Å²) in [6.45, 7) is 5.97. The standard InChI is InChI=1S/C23H25N7O/c1-3-10-25-22(31)19-14-26-23(29-21(19)28-20-6-4-5-11-24-20)27-18-8-7-16-9-12-30(2)15-17(16)13-18/h3-8,11,13-14H,1,9-10,12,15H2,2H3,(H,25,31)(H2,24,26,27,28,29). The van der Waals surface area contributed by atoms with Gasteiger partial charge in [-0.2, -0.15) is 4.98 Å². The van der Waals surface area contributed by atoms with Crippen LogP contribution in [0.4, 0.5) is 23.3 Å². The number of carbonyl (C=O) groups excluding carboxylic acids is 1. The van der Waals surface area contributed by atoms with Crippen LogP contribution in [0, 0.1) is 0 Å². The molecule has 3 heterocycles. The van der Waals surface area contributed by atoms with Crippen molar-refractivity contribution in [3.8, 4) is 0 Å². The van der Waals surface area contributed by atoms with Crippen LogP contribution in [-0.4, -0.2) is 45.9 Å². The molecule has 31 heavy (non-hydrogen) atoms. The van der Waals surface area contributed by atoms with Crippen LogP contribution in [-0.2, 0) is 13.0 Å². The molecule has 1 amide bonds. The van der Waals surface area contributed by atoms with Crippen LogP contribution >= 0.6 is 0 Å². The summed E-state index contributed by atoms with van der Waals surface area (Å²) in [5.74, 6) is 1.06. The Bertz CT molecular complexity index is 1080. The first kappa shape index (κ1) is 20.5. The Labute approximate surface area is 181 Å². The minimum Gasteiger partial charge on any atom is -0.348 e. The van der Waals surface area contributed by atoms with Gasteiger partial charge in [-0.1, -0.05) is 18.2 Å². The molecule has 8 heteroatoms. The van der Waals surface area contributed by atoms with Crippen molar-refractivity contribution in [2.75, 3.05) is 30.8 Å². The third kappa shape index (κ3) is 5.04. The van der Waals surface area contributed by atoms with E-state index in [-0.39, 0.29) is 5.91 Å². The second kappa shape index (κ2) is 9.36. The van der Waals surface area contributed by atoms with Crippen molar-refractivity contribution >= 4 is 29.2 Å². The molecule has 8 nitrogen and oxygen atoms in total. The first-order valence-electron chi connectivity index (χ1n) is 10.1. The number of anilines is 4. The molecule has 0 spiro atoms. The number of pyridine rings is 1. The van der Waals surface area contributed by atoms with Crippen molar-refractivity contribution in [2.45, 2.75) is 13.0 Å². The van der Waals surface area contributed by atoms with Crippen LogP contribution < -0.4 is 16.0 Å². The number of carbonyl (C=O) groups is 1. The van der Waals surface area contributed by atoms with Crippen molar-refractivity contribution in [3.63, 3.8) is 0 Å². The summed E-state index contributed by atoms with van der Waals surface area (Å²) in [6.07, 6.45) is 5.85. The lowest BCUT2D eigenvalue weighted by Crippen LogP contribution is -2.26. The Morgan fingerprint density at radius 1 is 1.19 bits per heavy atom. The second-order valence-corrected chi connectivity index (χ2v) is 7.39. The molecule has 4 rings (SSSR count). The van der Waals surface area contributed by atoms with E-state index in [1.54, 1.807) is 18.3 Å². The van der Waals surface area contributed by atoms with Gasteiger partial charge < -0.3 is 20.9 Å². The fourth-order valence-corrected chi connectivity index (χ4v) is 3.43. The van der Waals surface area contributed by atoms with Gasteiger partial charge in [-0.25, -0.2) is 9.97 Å². The number of rotatable bonds is 7. The summed E-state index contributed by atoms with van der Waals surface area (Å²) in [6, 6.07) is 11.8. The molecule has 0 saturated heterocycles. The number of hydrogen-bond donors (Lipinski definition) is 3. The van der Waals surface area contributed by atoms with Gasteiger partial charge in [-0.05, 0) is 48.9 Å². The number of aromatic nitrogens is 3. The molecule has 0 bridgehead atoms.